The minimum atomic E-state index is -3.26. The number of amides is 6. The monoisotopic (exact) mass is 1590 g/mol. The van der Waals surface area contributed by atoms with E-state index in [4.69, 9.17) is 51.9 Å². The average molecular weight is 1590 g/mol. The number of piperazine rings is 1. The molecule has 0 radical (unpaired) electrons. The summed E-state index contributed by atoms with van der Waals surface area (Å²) in [6.45, 7) is 8.74. The summed E-state index contributed by atoms with van der Waals surface area (Å²) in [6, 6.07) is 8.66. The van der Waals surface area contributed by atoms with E-state index in [0.717, 1.165) is 62.2 Å². The van der Waals surface area contributed by atoms with Crippen molar-refractivity contribution in [2.24, 2.45) is 29.2 Å². The van der Waals surface area contributed by atoms with Gasteiger partial charge in [-0.15, -0.1) is 0 Å². The Bertz CT molecular complexity index is 4390. The first-order valence-electron chi connectivity index (χ1n) is 36.6. The number of likely N-dealkylation sites (tertiary alicyclic amines) is 3. The second-order valence-electron chi connectivity index (χ2n) is 29.2. The average Bonchev–Trinajstić information content (AvgIpc) is 0.720. The summed E-state index contributed by atoms with van der Waals surface area (Å²) in [5.41, 5.74) is 29.5. The predicted octanol–water partition coefficient (Wildman–Crippen LogP) is 7.21. The third kappa shape index (κ3) is 19.3. The molecule has 7 aliphatic heterocycles. The highest BCUT2D eigenvalue weighted by molar-refractivity contribution is 6.31. The minimum Gasteiger partial charge on any atom is -0.381 e. The highest BCUT2D eigenvalue weighted by Gasteiger charge is 2.48. The number of hydrogen-bond acceptors (Lipinski definition) is 22. The summed E-state index contributed by atoms with van der Waals surface area (Å²) in [4.78, 5) is 116. The third-order valence-corrected chi connectivity index (χ3v) is 21.8. The van der Waals surface area contributed by atoms with Crippen molar-refractivity contribution in [3.05, 3.63) is 124 Å². The van der Waals surface area contributed by atoms with Crippen LogP contribution in [0.3, 0.4) is 0 Å². The number of likely N-dealkylation sites (N-methyl/N-ethyl adjacent to an activating group) is 1. The van der Waals surface area contributed by atoms with Gasteiger partial charge in [0.2, 0.25) is 52.9 Å². The zero-order chi connectivity index (χ0) is 80.1. The number of halogens is 10. The number of benzene rings is 3. The molecule has 38 heteroatoms. The van der Waals surface area contributed by atoms with Crippen molar-refractivity contribution >= 4 is 111 Å². The number of nitrogens with zero attached hydrogens (tertiary/aromatic N) is 14. The van der Waals surface area contributed by atoms with Gasteiger partial charge in [-0.2, -0.15) is 13.2 Å². The van der Waals surface area contributed by atoms with Gasteiger partial charge in [0.15, 0.2) is 34.9 Å². The smallest absolute Gasteiger partial charge is 0.270 e. The number of nitrogen functional groups attached to an aromatic ring is 3. The van der Waals surface area contributed by atoms with E-state index in [1.165, 1.54) is 35.8 Å². The van der Waals surface area contributed by atoms with Crippen molar-refractivity contribution in [2.45, 2.75) is 127 Å². The number of aryl methyl sites for hydroxylation is 1. The van der Waals surface area contributed by atoms with Gasteiger partial charge in [-0.1, -0.05) is 23.2 Å². The molecule has 13 rings (SSSR count). The molecule has 0 saturated carbocycles. The van der Waals surface area contributed by atoms with Gasteiger partial charge in [0.05, 0.1) is 35.9 Å². The Morgan fingerprint density at radius 3 is 1.19 bits per heavy atom. The Balaban J connectivity index is 0.000000166. The molecule has 7 aliphatic rings. The van der Waals surface area contributed by atoms with Gasteiger partial charge in [-0.25, -0.2) is 51.9 Å². The highest BCUT2D eigenvalue weighted by Crippen LogP contribution is 2.39. The lowest BCUT2D eigenvalue weighted by Gasteiger charge is -2.47. The van der Waals surface area contributed by atoms with Crippen LogP contribution in [0.15, 0.2) is 73.6 Å². The fraction of sp³-hybridized carbons (Fsp3) is 0.507. The zero-order valence-electron chi connectivity index (χ0n) is 61.6. The Morgan fingerprint density at radius 2 is 0.811 bits per heavy atom. The van der Waals surface area contributed by atoms with Crippen LogP contribution in [0.1, 0.15) is 88.3 Å². The van der Waals surface area contributed by atoms with Gasteiger partial charge >= 0.3 is 0 Å². The number of carbonyl (C=O) groups is 6. The second-order valence-corrected chi connectivity index (χ2v) is 30.1. The Labute approximate surface area is 645 Å². The van der Waals surface area contributed by atoms with Crippen molar-refractivity contribution < 1.29 is 63.9 Å². The lowest BCUT2D eigenvalue weighted by molar-refractivity contribution is -0.146. The van der Waals surface area contributed by atoms with Crippen molar-refractivity contribution in [3.8, 4) is 0 Å². The normalized spacial score (nSPS) is 23.6. The number of nitrogens with one attached hydrogen (secondary N) is 3. The molecule has 9 atom stereocenters. The van der Waals surface area contributed by atoms with Crippen LogP contribution < -0.4 is 59.3 Å². The van der Waals surface area contributed by atoms with Gasteiger partial charge in [-0.3, -0.25) is 28.8 Å². The van der Waals surface area contributed by atoms with Crippen LogP contribution in [0.2, 0.25) is 10.0 Å². The molecule has 0 bridgehead atoms. The number of alkyl halides is 4. The Hall–Kier alpha value is -10.1. The van der Waals surface area contributed by atoms with Crippen LogP contribution in [0.4, 0.5) is 87.1 Å². The third-order valence-electron chi connectivity index (χ3n) is 21.4. The van der Waals surface area contributed by atoms with Crippen molar-refractivity contribution in [1.82, 2.24) is 54.4 Å². The molecule has 28 nitrogen and oxygen atoms in total. The summed E-state index contributed by atoms with van der Waals surface area (Å²) in [7, 11) is 2.01. The van der Waals surface area contributed by atoms with E-state index < -0.39 is 112 Å². The van der Waals surface area contributed by atoms with Crippen molar-refractivity contribution in [2.75, 3.05) is 140 Å². The topological polar surface area (TPSA) is 372 Å². The maximum absolute atomic E-state index is 14.9. The number of piperidine rings is 6. The number of aromatic nitrogens is 6. The fourth-order valence-electron chi connectivity index (χ4n) is 15.7. The highest BCUT2D eigenvalue weighted by atomic mass is 35.5. The number of primary amides is 2. The van der Waals surface area contributed by atoms with Crippen LogP contribution in [0, 0.1) is 47.9 Å². The summed E-state index contributed by atoms with van der Waals surface area (Å²) < 4.78 is 114. The maximum Gasteiger partial charge on any atom is 0.270 e. The minimum absolute atomic E-state index is 0.0250. The van der Waals surface area contributed by atoms with Crippen molar-refractivity contribution in [1.29, 1.82) is 0 Å². The van der Waals surface area contributed by atoms with Crippen molar-refractivity contribution in [3.63, 3.8) is 0 Å². The summed E-state index contributed by atoms with van der Waals surface area (Å²) in [6.07, 6.45) is 7.94. The lowest BCUT2D eigenvalue weighted by Crippen LogP contribution is -2.63. The Morgan fingerprint density at radius 1 is 0.459 bits per heavy atom. The molecule has 0 spiro atoms. The molecule has 598 valence electrons. The van der Waals surface area contributed by atoms with Crippen LogP contribution in [0.25, 0.3) is 0 Å². The number of carbonyl (C=O) groups excluding carboxylic acids is 6. The molecule has 3 aromatic carbocycles. The summed E-state index contributed by atoms with van der Waals surface area (Å²) >= 11 is 12.3. The predicted molar refractivity (Wildman–Crippen MR) is 402 cm³/mol. The molecule has 7 fully saturated rings. The fourth-order valence-corrected chi connectivity index (χ4v) is 16.2. The van der Waals surface area contributed by atoms with E-state index in [2.05, 4.69) is 50.8 Å². The summed E-state index contributed by atoms with van der Waals surface area (Å²) in [5.74, 6) is -13.9. The zero-order valence-corrected chi connectivity index (χ0v) is 63.1. The number of hydrogen-bond donors (Lipinski definition) is 8. The number of rotatable bonds is 17. The molecular formula is C73H90Cl2F8N22O6. The SMILES string of the molecule is CC(F)(F)c1cc(F)cc(N[C@@H]2CCCN([C@H]3CN(c4ncnc(N)c4F)CC[C@@H]3C(N)=O)C2=O)c1.CN1CCN(C(=O)[C@H]2CCN(c3ncnc(N)c3F)C[C@@H]2N2CCC[C@@H](Nc3cc(Cl)cc(C(C)(F)F)c3)C2=O)CC1.Cc1cc(Cl)cc(N[C@@H]2CCCN([C@H]3CN(c4ncnc(N)c4F)CC[C@@H]3C(N)=O)C2=O)c1. The van der Waals surface area contributed by atoms with E-state index >= 15 is 0 Å². The maximum atomic E-state index is 14.9. The van der Waals surface area contributed by atoms with Gasteiger partial charge in [0.25, 0.3) is 11.8 Å². The first-order valence-corrected chi connectivity index (χ1v) is 37.3. The van der Waals surface area contributed by atoms with Gasteiger partial charge < -0.3 is 83.8 Å². The largest absolute Gasteiger partial charge is 0.381 e. The first-order chi connectivity index (χ1) is 52.6. The molecule has 7 saturated heterocycles. The number of anilines is 9. The molecular weight excluding hydrogens is 1500 g/mol. The molecule has 111 heavy (non-hydrogen) atoms. The molecule has 0 unspecified atom stereocenters. The molecule has 6 amide bonds. The van der Waals surface area contributed by atoms with E-state index in [1.807, 2.05) is 31.0 Å². The summed E-state index contributed by atoms with van der Waals surface area (Å²) in [5, 5.41) is 9.96. The van der Waals surface area contributed by atoms with E-state index in [1.54, 1.807) is 30.6 Å². The van der Waals surface area contributed by atoms with Gasteiger partial charge in [0, 0.05) is 137 Å². The van der Waals surface area contributed by atoms with Gasteiger partial charge in [-0.05, 0) is 132 Å². The first kappa shape index (κ1) is 81.9. The standard InChI is InChI=1S/C28H36ClF3N8O2.C23H27F4N7O2.C22H27ClFN7O2/c1-28(31,32)17-12-18(29)14-19(13-17)36-21-4-3-6-40(27(21)42)22-15-39(25-23(30)24(33)34-16-35-25)7-5-20(22)26(41)38-10-8-37(2)9-11-38;1-23(26,27)12-7-13(24)9-14(8-12)32-16-3-2-5-34(22(16)36)17-10-33(6-4-15(17)20(29)35)21-18(25)19(28)30-11-31-21;1-12-7-13(23)9-14(8-12)29-16-3-2-5-31(22(16)33)17-10-30(6-4-15(17)20(26)32)21-18(24)19(25)27-11-28-21/h12-14,16,20-22,36H,3-11,15H2,1-2H3,(H2,33,34,35);7-9,11,15-17,32H,2-6,10H2,1H3,(H2,29,35)(H2,28,30,31);7-9,11,15-17,29H,2-6,10H2,1H3,(H2,26,32)(H2,25,27,28)/t20-,21+,22-;2*15-,16+,17-/m000/s1. The molecule has 6 aromatic rings. The van der Waals surface area contributed by atoms with Crippen LogP contribution in [0.5, 0.6) is 0 Å². The van der Waals surface area contributed by atoms with Crippen LogP contribution >= 0.6 is 23.2 Å². The van der Waals surface area contributed by atoms with Crippen LogP contribution in [-0.2, 0) is 40.6 Å². The molecule has 10 heterocycles. The molecule has 13 N–H and O–H groups in total. The molecule has 3 aromatic heterocycles. The quantitative estimate of drug-likeness (QED) is 0.0418. The van der Waals surface area contributed by atoms with E-state index in [-0.39, 0.29) is 102 Å². The lowest BCUT2D eigenvalue weighted by atomic mass is 9.86. The van der Waals surface area contributed by atoms with Crippen LogP contribution in [-0.4, -0.2) is 218 Å². The van der Waals surface area contributed by atoms with E-state index in [9.17, 15) is 63.9 Å². The van der Waals surface area contributed by atoms with Gasteiger partial charge in [0.1, 0.15) is 42.9 Å². The number of nitrogens with two attached hydrogens (primary N) is 5. The Kier molecular flexibility index (Phi) is 25.6. The molecule has 0 aliphatic carbocycles. The van der Waals surface area contributed by atoms with E-state index in [0.29, 0.717) is 108 Å². The second kappa shape index (κ2) is 34.7.